The van der Waals surface area contributed by atoms with Crippen molar-refractivity contribution in [3.05, 3.63) is 34.9 Å². The second-order valence-corrected chi connectivity index (χ2v) is 8.83. The van der Waals surface area contributed by atoms with E-state index in [0.717, 1.165) is 30.1 Å². The Kier molecular flexibility index (Phi) is 6.73. The van der Waals surface area contributed by atoms with E-state index in [-0.39, 0.29) is 11.2 Å². The molecule has 1 aliphatic carbocycles. The Morgan fingerprint density at radius 3 is 2.63 bits per heavy atom. The maximum absolute atomic E-state index is 13.1. The summed E-state index contributed by atoms with van der Waals surface area (Å²) in [7, 11) is 4.01. The first-order valence-electron chi connectivity index (χ1n) is 9.06. The Morgan fingerprint density at radius 1 is 1.30 bits per heavy atom. The average molecular weight is 409 g/mol. The van der Waals surface area contributed by atoms with Gasteiger partial charge in [0.2, 0.25) is 11.1 Å². The van der Waals surface area contributed by atoms with E-state index in [1.165, 1.54) is 11.8 Å². The SMILES string of the molecule is CC(Sc1nnnn1C1CC1)C(=O)N(CCN(C)C)Cc1ccc(Cl)cc1. The lowest BCUT2D eigenvalue weighted by atomic mass is 10.2. The van der Waals surface area contributed by atoms with Gasteiger partial charge < -0.3 is 9.80 Å². The largest absolute Gasteiger partial charge is 0.336 e. The Labute approximate surface area is 169 Å². The van der Waals surface area contributed by atoms with Crippen molar-refractivity contribution in [3.63, 3.8) is 0 Å². The first-order chi connectivity index (χ1) is 12.9. The number of carbonyl (C=O) groups is 1. The molecule has 1 fully saturated rings. The van der Waals surface area contributed by atoms with Gasteiger partial charge in [0.05, 0.1) is 11.3 Å². The number of rotatable bonds is 9. The molecule has 1 unspecified atom stereocenters. The Hall–Kier alpha value is -1.64. The topological polar surface area (TPSA) is 67.2 Å². The van der Waals surface area contributed by atoms with Gasteiger partial charge in [0.1, 0.15) is 0 Å². The highest BCUT2D eigenvalue weighted by Gasteiger charge is 2.30. The third-order valence-corrected chi connectivity index (χ3v) is 5.69. The third-order valence-electron chi connectivity index (χ3n) is 4.40. The van der Waals surface area contributed by atoms with Crippen molar-refractivity contribution >= 4 is 29.3 Å². The van der Waals surface area contributed by atoms with Gasteiger partial charge in [-0.2, -0.15) is 0 Å². The first-order valence-corrected chi connectivity index (χ1v) is 10.3. The van der Waals surface area contributed by atoms with Gasteiger partial charge in [0.15, 0.2) is 0 Å². The second kappa shape index (κ2) is 9.03. The number of carbonyl (C=O) groups excluding carboxylic acids is 1. The van der Waals surface area contributed by atoms with E-state index in [1.807, 2.05) is 54.9 Å². The van der Waals surface area contributed by atoms with Crippen molar-refractivity contribution in [1.82, 2.24) is 30.0 Å². The van der Waals surface area contributed by atoms with Crippen molar-refractivity contribution in [2.45, 2.75) is 42.8 Å². The molecule has 9 heteroatoms. The highest BCUT2D eigenvalue weighted by molar-refractivity contribution is 8.00. The van der Waals surface area contributed by atoms with Crippen LogP contribution in [0.5, 0.6) is 0 Å². The maximum Gasteiger partial charge on any atom is 0.236 e. The molecular weight excluding hydrogens is 384 g/mol. The smallest absolute Gasteiger partial charge is 0.236 e. The number of halogens is 1. The standard InChI is InChI=1S/C18H25ClN6OS/c1-13(27-18-20-21-22-25(18)16-8-9-16)17(26)24(11-10-23(2)3)12-14-4-6-15(19)7-5-14/h4-7,13,16H,8-12H2,1-3H3. The number of aromatic nitrogens is 4. The molecule has 1 aliphatic rings. The maximum atomic E-state index is 13.1. The number of amides is 1. The van der Waals surface area contributed by atoms with Crippen LogP contribution in [-0.2, 0) is 11.3 Å². The molecule has 7 nitrogen and oxygen atoms in total. The molecule has 3 rings (SSSR count). The van der Waals surface area contributed by atoms with E-state index in [0.29, 0.717) is 24.2 Å². The van der Waals surface area contributed by atoms with E-state index in [1.54, 1.807) is 0 Å². The van der Waals surface area contributed by atoms with Crippen molar-refractivity contribution in [2.75, 3.05) is 27.2 Å². The Morgan fingerprint density at radius 2 is 2.00 bits per heavy atom. The summed E-state index contributed by atoms with van der Waals surface area (Å²) < 4.78 is 1.85. The highest BCUT2D eigenvalue weighted by atomic mass is 35.5. The first kappa shape index (κ1) is 20.1. The molecule has 0 spiro atoms. The molecule has 1 heterocycles. The van der Waals surface area contributed by atoms with Gasteiger partial charge >= 0.3 is 0 Å². The lowest BCUT2D eigenvalue weighted by Gasteiger charge is -2.27. The fourth-order valence-electron chi connectivity index (χ4n) is 2.68. The van der Waals surface area contributed by atoms with Crippen LogP contribution in [0.3, 0.4) is 0 Å². The van der Waals surface area contributed by atoms with Crippen molar-refractivity contribution in [1.29, 1.82) is 0 Å². The number of hydrogen-bond acceptors (Lipinski definition) is 6. The van der Waals surface area contributed by atoms with Crippen LogP contribution in [0.4, 0.5) is 0 Å². The third kappa shape index (κ3) is 5.67. The number of likely N-dealkylation sites (N-methyl/N-ethyl adjacent to an activating group) is 1. The van der Waals surface area contributed by atoms with Crippen LogP contribution in [0.25, 0.3) is 0 Å². The van der Waals surface area contributed by atoms with E-state index in [9.17, 15) is 4.79 Å². The molecule has 1 aromatic carbocycles. The molecular formula is C18H25ClN6OS. The summed E-state index contributed by atoms with van der Waals surface area (Å²) in [6.07, 6.45) is 2.21. The number of tetrazole rings is 1. The zero-order valence-corrected chi connectivity index (χ0v) is 17.4. The zero-order chi connectivity index (χ0) is 19.4. The summed E-state index contributed by atoms with van der Waals surface area (Å²) in [4.78, 5) is 17.1. The summed E-state index contributed by atoms with van der Waals surface area (Å²) in [6.45, 7) is 3.94. The van der Waals surface area contributed by atoms with Gasteiger partial charge in [0.25, 0.3) is 0 Å². The summed E-state index contributed by atoms with van der Waals surface area (Å²) in [6, 6.07) is 8.03. The molecule has 2 aromatic rings. The minimum absolute atomic E-state index is 0.0853. The van der Waals surface area contributed by atoms with Crippen LogP contribution in [-0.4, -0.2) is 68.3 Å². The lowest BCUT2D eigenvalue weighted by molar-refractivity contribution is -0.131. The van der Waals surface area contributed by atoms with Crippen LogP contribution >= 0.6 is 23.4 Å². The highest BCUT2D eigenvalue weighted by Crippen LogP contribution is 2.37. The Bertz CT molecular complexity index is 761. The van der Waals surface area contributed by atoms with Gasteiger partial charge in [0, 0.05) is 24.7 Å². The van der Waals surface area contributed by atoms with Crippen LogP contribution < -0.4 is 0 Å². The van der Waals surface area contributed by atoms with Crippen LogP contribution in [0.15, 0.2) is 29.4 Å². The summed E-state index contributed by atoms with van der Waals surface area (Å²) in [5.41, 5.74) is 1.06. The minimum atomic E-state index is -0.261. The molecule has 1 saturated carbocycles. The molecule has 0 N–H and O–H groups in total. The molecule has 1 atom stereocenters. The van der Waals surface area contributed by atoms with Crippen LogP contribution in [0.1, 0.15) is 31.4 Å². The molecule has 27 heavy (non-hydrogen) atoms. The normalized spacial score (nSPS) is 15.1. The molecule has 0 aliphatic heterocycles. The summed E-state index contributed by atoms with van der Waals surface area (Å²) >= 11 is 7.41. The molecule has 0 saturated heterocycles. The quantitative estimate of drug-likeness (QED) is 0.594. The van der Waals surface area contributed by atoms with Crippen molar-refractivity contribution in [3.8, 4) is 0 Å². The number of nitrogens with zero attached hydrogens (tertiary/aromatic N) is 6. The van der Waals surface area contributed by atoms with E-state index in [4.69, 9.17) is 11.6 Å². The molecule has 0 bridgehead atoms. The van der Waals surface area contributed by atoms with E-state index >= 15 is 0 Å². The average Bonchev–Trinajstić information content (AvgIpc) is 3.38. The van der Waals surface area contributed by atoms with Crippen LogP contribution in [0.2, 0.25) is 5.02 Å². The predicted octanol–water partition coefficient (Wildman–Crippen LogP) is 2.73. The second-order valence-electron chi connectivity index (χ2n) is 7.09. The zero-order valence-electron chi connectivity index (χ0n) is 15.9. The van der Waals surface area contributed by atoms with Gasteiger partial charge in [-0.3, -0.25) is 4.79 Å². The van der Waals surface area contributed by atoms with Crippen molar-refractivity contribution < 1.29 is 4.79 Å². The lowest BCUT2D eigenvalue weighted by Crippen LogP contribution is -2.40. The summed E-state index contributed by atoms with van der Waals surface area (Å²) in [5.74, 6) is 0.0853. The van der Waals surface area contributed by atoms with Gasteiger partial charge in [-0.15, -0.1) is 5.10 Å². The number of hydrogen-bond donors (Lipinski definition) is 0. The van der Waals surface area contributed by atoms with Crippen LogP contribution in [0, 0.1) is 0 Å². The number of thioether (sulfide) groups is 1. The monoisotopic (exact) mass is 408 g/mol. The van der Waals surface area contributed by atoms with Gasteiger partial charge in [-0.25, -0.2) is 4.68 Å². The van der Waals surface area contributed by atoms with Gasteiger partial charge in [-0.1, -0.05) is 35.5 Å². The van der Waals surface area contributed by atoms with Crippen molar-refractivity contribution in [2.24, 2.45) is 0 Å². The van der Waals surface area contributed by atoms with E-state index < -0.39 is 0 Å². The molecule has 0 radical (unpaired) electrons. The fraction of sp³-hybridized carbons (Fsp3) is 0.556. The fourth-order valence-corrected chi connectivity index (χ4v) is 3.74. The van der Waals surface area contributed by atoms with Gasteiger partial charge in [-0.05, 0) is 62.0 Å². The number of benzene rings is 1. The molecule has 1 amide bonds. The summed E-state index contributed by atoms with van der Waals surface area (Å²) in [5, 5.41) is 13.1. The molecule has 1 aromatic heterocycles. The Balaban J connectivity index is 1.68. The van der Waals surface area contributed by atoms with E-state index in [2.05, 4.69) is 20.4 Å². The minimum Gasteiger partial charge on any atom is -0.336 e. The predicted molar refractivity (Wildman–Crippen MR) is 107 cm³/mol. The molecule has 146 valence electrons.